The van der Waals surface area contributed by atoms with Gasteiger partial charge in [-0.25, -0.2) is 9.97 Å². The first kappa shape index (κ1) is 14.0. The topological polar surface area (TPSA) is 42.2 Å². The largest absolute Gasteiger partial charge is 0.325 e. The summed E-state index contributed by atoms with van der Waals surface area (Å²) >= 11 is 0. The molecule has 4 nitrogen and oxygen atoms in total. The van der Waals surface area contributed by atoms with Gasteiger partial charge in [0, 0.05) is 11.1 Å². The summed E-state index contributed by atoms with van der Waals surface area (Å²) in [4.78, 5) is 9.70. The van der Waals surface area contributed by atoms with E-state index >= 15 is 0 Å². The molecular weight excluding hydrogens is 308 g/mol. The number of benzene rings is 3. The Morgan fingerprint density at radius 1 is 0.760 bits per heavy atom. The summed E-state index contributed by atoms with van der Waals surface area (Å²) in [6.45, 7) is 2.08. The van der Waals surface area contributed by atoms with Crippen molar-refractivity contribution in [3.8, 4) is 0 Å². The summed E-state index contributed by atoms with van der Waals surface area (Å²) in [5.41, 5.74) is 6.10. The van der Waals surface area contributed by atoms with Crippen molar-refractivity contribution < 1.29 is 0 Å². The molecule has 5 aromatic rings. The summed E-state index contributed by atoms with van der Waals surface area (Å²) in [6, 6.07) is 24.6. The number of nitrogens with one attached hydrogen (secondary N) is 1. The van der Waals surface area contributed by atoms with Gasteiger partial charge in [0.15, 0.2) is 0 Å². The third-order valence-electron chi connectivity index (χ3n) is 4.45. The molecule has 5 rings (SSSR count). The van der Waals surface area contributed by atoms with Crippen LogP contribution in [-0.2, 0) is 0 Å². The molecule has 1 N–H and O–H groups in total. The van der Waals surface area contributed by atoms with Crippen LogP contribution in [0.25, 0.3) is 27.6 Å². The van der Waals surface area contributed by atoms with Crippen LogP contribution in [0.15, 0.2) is 72.8 Å². The van der Waals surface area contributed by atoms with E-state index < -0.39 is 0 Å². The summed E-state index contributed by atoms with van der Waals surface area (Å²) in [5.74, 6) is 0.770. The van der Waals surface area contributed by atoms with Crippen LogP contribution in [-0.4, -0.2) is 14.4 Å². The van der Waals surface area contributed by atoms with Crippen LogP contribution in [0.1, 0.15) is 5.56 Å². The number of fused-ring (bicyclic) bond motifs is 5. The lowest BCUT2D eigenvalue weighted by Gasteiger charge is -2.11. The van der Waals surface area contributed by atoms with Crippen LogP contribution in [0.4, 0.5) is 11.6 Å². The van der Waals surface area contributed by atoms with E-state index in [1.54, 1.807) is 0 Å². The van der Waals surface area contributed by atoms with Gasteiger partial charge < -0.3 is 5.32 Å². The number of aryl methyl sites for hydroxylation is 1. The molecule has 0 radical (unpaired) electrons. The number of hydrogen-bond donors (Lipinski definition) is 1. The second kappa shape index (κ2) is 5.31. The number of para-hydroxylation sites is 3. The van der Waals surface area contributed by atoms with Crippen LogP contribution in [0.2, 0.25) is 0 Å². The maximum Gasteiger partial charge on any atom is 0.214 e. The van der Waals surface area contributed by atoms with E-state index in [1.165, 1.54) is 5.56 Å². The smallest absolute Gasteiger partial charge is 0.214 e. The zero-order valence-corrected chi connectivity index (χ0v) is 13.8. The van der Waals surface area contributed by atoms with Gasteiger partial charge in [0.2, 0.25) is 5.95 Å². The SMILES string of the molecule is Cc1ccc(Nc2nc3ccccc3c3nc4ccccc4n23)cc1. The minimum absolute atomic E-state index is 0.770. The van der Waals surface area contributed by atoms with Crippen LogP contribution in [0, 0.1) is 6.92 Å². The van der Waals surface area contributed by atoms with Crippen molar-refractivity contribution in [2.24, 2.45) is 0 Å². The Morgan fingerprint density at radius 2 is 1.48 bits per heavy atom. The standard InChI is InChI=1S/C21H16N4/c1-14-10-12-15(13-11-14)22-21-24-17-7-3-2-6-16(17)20-23-18-8-4-5-9-19(18)25(20)21/h2-13H,1H3,(H,22,24). The normalized spacial score (nSPS) is 11.4. The number of aromatic nitrogens is 3. The van der Waals surface area contributed by atoms with Gasteiger partial charge in [-0.2, -0.15) is 0 Å². The Morgan fingerprint density at radius 3 is 2.32 bits per heavy atom. The number of anilines is 2. The minimum atomic E-state index is 0.770. The Bertz CT molecular complexity index is 1220. The second-order valence-corrected chi connectivity index (χ2v) is 6.20. The predicted octanol–water partition coefficient (Wildman–Crippen LogP) is 5.09. The molecule has 4 heteroatoms. The van der Waals surface area contributed by atoms with Crippen molar-refractivity contribution in [1.82, 2.24) is 14.4 Å². The molecule has 0 amide bonds. The molecule has 0 aliphatic carbocycles. The fraction of sp³-hybridized carbons (Fsp3) is 0.0476. The Balaban J connectivity index is 1.84. The highest BCUT2D eigenvalue weighted by Crippen LogP contribution is 2.28. The van der Waals surface area contributed by atoms with Gasteiger partial charge in [0.1, 0.15) is 5.65 Å². The Hall–Kier alpha value is -3.40. The lowest BCUT2D eigenvalue weighted by molar-refractivity contribution is 1.15. The maximum atomic E-state index is 4.86. The van der Waals surface area contributed by atoms with Crippen LogP contribution in [0.3, 0.4) is 0 Å². The van der Waals surface area contributed by atoms with Crippen molar-refractivity contribution in [3.05, 3.63) is 78.4 Å². The van der Waals surface area contributed by atoms with E-state index in [2.05, 4.69) is 53.0 Å². The number of hydrogen-bond acceptors (Lipinski definition) is 3. The van der Waals surface area contributed by atoms with Crippen LogP contribution < -0.4 is 5.32 Å². The Labute approximate surface area is 144 Å². The average Bonchev–Trinajstić information content (AvgIpc) is 3.04. The van der Waals surface area contributed by atoms with E-state index in [9.17, 15) is 0 Å². The van der Waals surface area contributed by atoms with Gasteiger partial charge in [-0.05, 0) is 43.3 Å². The molecule has 120 valence electrons. The van der Waals surface area contributed by atoms with Crippen molar-refractivity contribution in [2.45, 2.75) is 6.92 Å². The Kier molecular flexibility index (Phi) is 2.97. The van der Waals surface area contributed by atoms with Crippen molar-refractivity contribution in [1.29, 1.82) is 0 Å². The molecule has 0 saturated heterocycles. The highest BCUT2D eigenvalue weighted by Gasteiger charge is 2.13. The number of rotatable bonds is 2. The first-order valence-corrected chi connectivity index (χ1v) is 8.29. The van der Waals surface area contributed by atoms with Crippen molar-refractivity contribution in [2.75, 3.05) is 5.32 Å². The fourth-order valence-electron chi connectivity index (χ4n) is 3.20. The zero-order valence-electron chi connectivity index (χ0n) is 13.8. The van der Waals surface area contributed by atoms with Crippen molar-refractivity contribution in [3.63, 3.8) is 0 Å². The third kappa shape index (κ3) is 2.22. The summed E-state index contributed by atoms with van der Waals surface area (Å²) in [5, 5.41) is 4.51. The zero-order chi connectivity index (χ0) is 16.8. The highest BCUT2D eigenvalue weighted by molar-refractivity contribution is 5.97. The van der Waals surface area contributed by atoms with E-state index in [0.29, 0.717) is 0 Å². The molecule has 25 heavy (non-hydrogen) atoms. The number of nitrogens with zero attached hydrogens (tertiary/aromatic N) is 3. The maximum absolute atomic E-state index is 4.86. The minimum Gasteiger partial charge on any atom is -0.325 e. The van der Waals surface area contributed by atoms with E-state index in [0.717, 1.165) is 39.2 Å². The molecule has 0 aliphatic heterocycles. The van der Waals surface area contributed by atoms with E-state index in [-0.39, 0.29) is 0 Å². The average molecular weight is 324 g/mol. The quantitative estimate of drug-likeness (QED) is 0.492. The van der Waals surface area contributed by atoms with Crippen molar-refractivity contribution >= 4 is 39.2 Å². The first-order valence-electron chi connectivity index (χ1n) is 8.29. The van der Waals surface area contributed by atoms with E-state index in [1.807, 2.05) is 36.4 Å². The molecule has 2 heterocycles. The molecule has 0 fully saturated rings. The van der Waals surface area contributed by atoms with E-state index in [4.69, 9.17) is 9.97 Å². The molecule has 0 bridgehead atoms. The van der Waals surface area contributed by atoms with Crippen LogP contribution in [0.5, 0.6) is 0 Å². The summed E-state index contributed by atoms with van der Waals surface area (Å²) < 4.78 is 2.09. The molecule has 0 atom stereocenters. The molecular formula is C21H16N4. The predicted molar refractivity (Wildman–Crippen MR) is 102 cm³/mol. The van der Waals surface area contributed by atoms with Gasteiger partial charge in [-0.15, -0.1) is 0 Å². The van der Waals surface area contributed by atoms with Gasteiger partial charge in [-0.1, -0.05) is 42.0 Å². The second-order valence-electron chi connectivity index (χ2n) is 6.20. The lowest BCUT2D eigenvalue weighted by atomic mass is 10.2. The number of imidazole rings is 1. The molecule has 0 spiro atoms. The molecule has 0 unspecified atom stereocenters. The molecule has 2 aromatic heterocycles. The molecule has 3 aromatic carbocycles. The first-order chi connectivity index (χ1) is 12.3. The van der Waals surface area contributed by atoms with Gasteiger partial charge >= 0.3 is 0 Å². The molecule has 0 aliphatic rings. The molecule has 0 saturated carbocycles. The summed E-state index contributed by atoms with van der Waals surface area (Å²) in [7, 11) is 0. The lowest BCUT2D eigenvalue weighted by Crippen LogP contribution is -2.02. The van der Waals surface area contributed by atoms with Gasteiger partial charge in [0.25, 0.3) is 0 Å². The van der Waals surface area contributed by atoms with Gasteiger partial charge in [-0.3, -0.25) is 4.40 Å². The highest BCUT2D eigenvalue weighted by atomic mass is 15.2. The summed E-state index contributed by atoms with van der Waals surface area (Å²) in [6.07, 6.45) is 0. The fourth-order valence-corrected chi connectivity index (χ4v) is 3.20. The van der Waals surface area contributed by atoms with Crippen LogP contribution >= 0.6 is 0 Å². The van der Waals surface area contributed by atoms with Gasteiger partial charge in [0.05, 0.1) is 16.6 Å². The monoisotopic (exact) mass is 324 g/mol. The third-order valence-corrected chi connectivity index (χ3v) is 4.45.